The van der Waals surface area contributed by atoms with Gasteiger partial charge in [-0.15, -0.1) is 0 Å². The molecule has 0 aliphatic heterocycles. The quantitative estimate of drug-likeness (QED) is 0.878. The molecular weight excluding hydrogens is 287 g/mol. The zero-order chi connectivity index (χ0) is 14.7. The van der Waals surface area contributed by atoms with Crippen molar-refractivity contribution in [1.29, 1.82) is 0 Å². The van der Waals surface area contributed by atoms with Gasteiger partial charge in [-0.1, -0.05) is 43.1 Å². The standard InChI is InChI=1S/C14H18Cl2O3/c1-7(9(3)17)13(18)8(2)14(19)12-10(15)5-4-6-11(12)16/h4-8,13-14,18-19H,1-3H3/t7?,8-,13?,14+/m1/s1. The van der Waals surface area contributed by atoms with Crippen LogP contribution in [0, 0.1) is 11.8 Å². The topological polar surface area (TPSA) is 57.5 Å². The Morgan fingerprint density at radius 1 is 1.16 bits per heavy atom. The number of aliphatic hydroxyl groups is 2. The molecule has 3 nitrogen and oxygen atoms in total. The minimum Gasteiger partial charge on any atom is -0.392 e. The number of Topliss-reactive ketones (excluding diaryl/α,β-unsaturated/α-hetero) is 1. The van der Waals surface area contributed by atoms with Gasteiger partial charge in [0.05, 0.1) is 12.2 Å². The minimum absolute atomic E-state index is 0.128. The van der Waals surface area contributed by atoms with Crippen LogP contribution in [0.25, 0.3) is 0 Å². The van der Waals surface area contributed by atoms with Gasteiger partial charge in [-0.3, -0.25) is 4.79 Å². The molecule has 0 saturated heterocycles. The van der Waals surface area contributed by atoms with E-state index in [2.05, 4.69) is 0 Å². The summed E-state index contributed by atoms with van der Waals surface area (Å²) in [7, 11) is 0. The second kappa shape index (κ2) is 6.71. The van der Waals surface area contributed by atoms with Crippen LogP contribution >= 0.6 is 23.2 Å². The molecule has 0 aliphatic carbocycles. The zero-order valence-corrected chi connectivity index (χ0v) is 12.6. The molecule has 4 atom stereocenters. The maximum atomic E-state index is 11.3. The molecule has 0 aromatic heterocycles. The number of hydrogen-bond donors (Lipinski definition) is 2. The Hall–Kier alpha value is -0.610. The lowest BCUT2D eigenvalue weighted by atomic mass is 9.85. The van der Waals surface area contributed by atoms with E-state index in [9.17, 15) is 15.0 Å². The molecule has 5 heteroatoms. The molecule has 1 aromatic carbocycles. The molecule has 0 amide bonds. The van der Waals surface area contributed by atoms with E-state index in [4.69, 9.17) is 23.2 Å². The highest BCUT2D eigenvalue weighted by molar-refractivity contribution is 6.36. The van der Waals surface area contributed by atoms with Crippen LogP contribution in [0.4, 0.5) is 0 Å². The van der Waals surface area contributed by atoms with E-state index in [0.717, 1.165) is 0 Å². The highest BCUT2D eigenvalue weighted by Gasteiger charge is 2.31. The van der Waals surface area contributed by atoms with E-state index in [-0.39, 0.29) is 5.78 Å². The molecule has 19 heavy (non-hydrogen) atoms. The summed E-state index contributed by atoms with van der Waals surface area (Å²) < 4.78 is 0. The van der Waals surface area contributed by atoms with Crippen molar-refractivity contribution in [1.82, 2.24) is 0 Å². The van der Waals surface area contributed by atoms with Gasteiger partial charge in [0.1, 0.15) is 5.78 Å². The van der Waals surface area contributed by atoms with Crippen molar-refractivity contribution in [3.05, 3.63) is 33.8 Å². The lowest BCUT2D eigenvalue weighted by molar-refractivity contribution is -0.125. The van der Waals surface area contributed by atoms with Gasteiger partial charge in [0, 0.05) is 27.4 Å². The Labute approximate surface area is 123 Å². The van der Waals surface area contributed by atoms with Crippen LogP contribution in [-0.2, 0) is 4.79 Å². The van der Waals surface area contributed by atoms with Gasteiger partial charge < -0.3 is 10.2 Å². The normalized spacial score (nSPS) is 17.6. The SMILES string of the molecule is CC(=O)C(C)C(O)[C@@H](C)[C@H](O)c1c(Cl)cccc1Cl. The zero-order valence-electron chi connectivity index (χ0n) is 11.1. The van der Waals surface area contributed by atoms with Gasteiger partial charge >= 0.3 is 0 Å². The summed E-state index contributed by atoms with van der Waals surface area (Å²) >= 11 is 12.0. The lowest BCUT2D eigenvalue weighted by Gasteiger charge is -2.28. The van der Waals surface area contributed by atoms with Crippen LogP contribution < -0.4 is 0 Å². The van der Waals surface area contributed by atoms with Crippen LogP contribution in [0.15, 0.2) is 18.2 Å². The van der Waals surface area contributed by atoms with Crippen LogP contribution in [-0.4, -0.2) is 22.1 Å². The number of ketones is 1. The largest absolute Gasteiger partial charge is 0.392 e. The molecule has 0 aliphatic rings. The van der Waals surface area contributed by atoms with E-state index in [1.807, 2.05) is 0 Å². The molecular formula is C14H18Cl2O3. The van der Waals surface area contributed by atoms with Crippen molar-refractivity contribution in [2.75, 3.05) is 0 Å². The van der Waals surface area contributed by atoms with E-state index in [1.54, 1.807) is 32.0 Å². The van der Waals surface area contributed by atoms with Gasteiger partial charge in [-0.05, 0) is 19.1 Å². The van der Waals surface area contributed by atoms with Crippen molar-refractivity contribution in [3.63, 3.8) is 0 Å². The summed E-state index contributed by atoms with van der Waals surface area (Å²) in [5.41, 5.74) is 0.383. The van der Waals surface area contributed by atoms with Gasteiger partial charge in [-0.2, -0.15) is 0 Å². The number of halogens is 2. The highest BCUT2D eigenvalue weighted by Crippen LogP contribution is 2.36. The fraction of sp³-hybridized carbons (Fsp3) is 0.500. The second-order valence-corrected chi connectivity index (χ2v) is 5.64. The van der Waals surface area contributed by atoms with E-state index >= 15 is 0 Å². The number of carbonyl (C=O) groups is 1. The average molecular weight is 305 g/mol. The maximum absolute atomic E-state index is 11.3. The molecule has 0 bridgehead atoms. The first-order valence-electron chi connectivity index (χ1n) is 6.07. The summed E-state index contributed by atoms with van der Waals surface area (Å²) in [5.74, 6) is -1.24. The Balaban J connectivity index is 3.00. The predicted molar refractivity (Wildman–Crippen MR) is 76.4 cm³/mol. The van der Waals surface area contributed by atoms with E-state index in [0.29, 0.717) is 15.6 Å². The number of carbonyl (C=O) groups excluding carboxylic acids is 1. The van der Waals surface area contributed by atoms with Gasteiger partial charge in [0.25, 0.3) is 0 Å². The molecule has 1 rings (SSSR count). The average Bonchev–Trinajstić information content (AvgIpc) is 2.35. The van der Waals surface area contributed by atoms with Crippen LogP contribution in [0.3, 0.4) is 0 Å². The Morgan fingerprint density at radius 2 is 1.63 bits per heavy atom. The predicted octanol–water partition coefficient (Wildman–Crippen LogP) is 3.25. The Bertz CT molecular complexity index is 442. The first-order valence-corrected chi connectivity index (χ1v) is 6.83. The Kier molecular flexibility index (Phi) is 5.81. The van der Waals surface area contributed by atoms with Crippen molar-refractivity contribution in [3.8, 4) is 0 Å². The summed E-state index contributed by atoms with van der Waals surface area (Å²) in [5, 5.41) is 21.1. The number of aliphatic hydroxyl groups excluding tert-OH is 2. The molecule has 2 N–H and O–H groups in total. The van der Waals surface area contributed by atoms with Crippen LogP contribution in [0.2, 0.25) is 10.0 Å². The molecule has 0 saturated carbocycles. The summed E-state index contributed by atoms with van der Waals surface area (Å²) in [6, 6.07) is 4.93. The second-order valence-electron chi connectivity index (χ2n) is 4.83. The third-order valence-electron chi connectivity index (χ3n) is 3.49. The third kappa shape index (κ3) is 3.69. The van der Waals surface area contributed by atoms with Crippen molar-refractivity contribution >= 4 is 29.0 Å². The molecule has 1 aromatic rings. The van der Waals surface area contributed by atoms with Crippen molar-refractivity contribution in [2.24, 2.45) is 11.8 Å². The van der Waals surface area contributed by atoms with Gasteiger partial charge in [0.2, 0.25) is 0 Å². The molecule has 0 heterocycles. The lowest BCUT2D eigenvalue weighted by Crippen LogP contribution is -2.33. The molecule has 2 unspecified atom stereocenters. The molecule has 0 spiro atoms. The molecule has 0 fully saturated rings. The monoisotopic (exact) mass is 304 g/mol. The van der Waals surface area contributed by atoms with E-state index in [1.165, 1.54) is 6.92 Å². The fourth-order valence-electron chi connectivity index (χ4n) is 1.94. The highest BCUT2D eigenvalue weighted by atomic mass is 35.5. The van der Waals surface area contributed by atoms with E-state index < -0.39 is 24.0 Å². The van der Waals surface area contributed by atoms with Gasteiger partial charge in [0.15, 0.2) is 0 Å². The summed E-state index contributed by atoms with van der Waals surface area (Å²) in [6.45, 7) is 4.70. The third-order valence-corrected chi connectivity index (χ3v) is 4.14. The minimum atomic E-state index is -1.03. The van der Waals surface area contributed by atoms with Crippen molar-refractivity contribution < 1.29 is 15.0 Å². The van der Waals surface area contributed by atoms with Crippen LogP contribution in [0.1, 0.15) is 32.4 Å². The Morgan fingerprint density at radius 3 is 2.05 bits per heavy atom. The molecule has 106 valence electrons. The molecule has 0 radical (unpaired) electrons. The van der Waals surface area contributed by atoms with Crippen LogP contribution in [0.5, 0.6) is 0 Å². The van der Waals surface area contributed by atoms with Crippen molar-refractivity contribution in [2.45, 2.75) is 33.0 Å². The number of benzene rings is 1. The summed E-state index contributed by atoms with van der Waals surface area (Å²) in [4.78, 5) is 11.3. The number of rotatable bonds is 5. The first-order chi connectivity index (χ1) is 8.77. The number of hydrogen-bond acceptors (Lipinski definition) is 3. The first kappa shape index (κ1) is 16.4. The van der Waals surface area contributed by atoms with Gasteiger partial charge in [-0.25, -0.2) is 0 Å². The summed E-state index contributed by atoms with van der Waals surface area (Å²) in [6.07, 6.45) is -1.99. The smallest absolute Gasteiger partial charge is 0.135 e. The fourth-order valence-corrected chi connectivity index (χ4v) is 2.56. The maximum Gasteiger partial charge on any atom is 0.135 e.